The number of nitrogens with zero attached hydrogens (tertiary/aromatic N) is 2. The van der Waals surface area contributed by atoms with E-state index in [2.05, 4.69) is 47.0 Å². The quantitative estimate of drug-likeness (QED) is 0.833. The Hall–Kier alpha value is -0.520. The number of nitrogens with one attached hydrogen (secondary N) is 1. The van der Waals surface area contributed by atoms with Crippen molar-refractivity contribution in [2.45, 2.75) is 38.4 Å². The minimum absolute atomic E-state index is 0.503. The van der Waals surface area contributed by atoms with Crippen LogP contribution in [0.15, 0.2) is 16.6 Å². The monoisotopic (exact) mass is 255 g/mol. The average molecular weight is 255 g/mol. The van der Waals surface area contributed by atoms with E-state index in [0.29, 0.717) is 6.04 Å². The van der Waals surface area contributed by atoms with Crippen LogP contribution in [0.5, 0.6) is 0 Å². The molecule has 16 heavy (non-hydrogen) atoms. The molecule has 0 aliphatic rings. The molecule has 3 nitrogen and oxygen atoms in total. The topological polar surface area (TPSA) is 29.3 Å². The maximum Gasteiger partial charge on any atom is 0.194 e. The van der Waals surface area contributed by atoms with Crippen molar-refractivity contribution < 1.29 is 0 Å². The van der Waals surface area contributed by atoms with E-state index in [9.17, 15) is 0 Å². The first-order valence-corrected chi connectivity index (χ1v) is 7.39. The normalized spacial score (nSPS) is 11.8. The number of thiazole rings is 1. The van der Waals surface area contributed by atoms with E-state index in [1.54, 1.807) is 11.3 Å². The molecule has 0 aliphatic carbocycles. The van der Waals surface area contributed by atoms with E-state index >= 15 is 0 Å². The van der Waals surface area contributed by atoms with Gasteiger partial charge in [0.25, 0.3) is 0 Å². The molecular formula is C11H17N3S2. The number of aromatic nitrogens is 2. The fraction of sp³-hybridized carbons (Fsp3) is 0.545. The van der Waals surface area contributed by atoms with Crippen molar-refractivity contribution in [1.29, 1.82) is 0 Å². The first kappa shape index (κ1) is 12.0. The molecule has 0 bridgehead atoms. The zero-order valence-electron chi connectivity index (χ0n) is 9.86. The Kier molecular flexibility index (Phi) is 3.89. The van der Waals surface area contributed by atoms with E-state index in [0.717, 1.165) is 17.3 Å². The lowest BCUT2D eigenvalue weighted by Crippen LogP contribution is -2.22. The molecule has 0 aliphatic heterocycles. The lowest BCUT2D eigenvalue weighted by Gasteiger charge is -2.08. The third-order valence-corrected chi connectivity index (χ3v) is 3.93. The van der Waals surface area contributed by atoms with E-state index in [1.807, 2.05) is 11.8 Å². The molecule has 0 spiro atoms. The molecule has 0 saturated heterocycles. The molecule has 0 amide bonds. The van der Waals surface area contributed by atoms with Crippen molar-refractivity contribution in [1.82, 2.24) is 14.7 Å². The molecule has 0 saturated carbocycles. The number of fused-ring (bicyclic) bond motifs is 1. The van der Waals surface area contributed by atoms with Gasteiger partial charge in [0.2, 0.25) is 0 Å². The van der Waals surface area contributed by atoms with Crippen LogP contribution in [-0.4, -0.2) is 21.2 Å². The van der Waals surface area contributed by atoms with Crippen molar-refractivity contribution in [3.63, 3.8) is 0 Å². The predicted octanol–water partition coefficient (Wildman–Crippen LogP) is 3.01. The van der Waals surface area contributed by atoms with Gasteiger partial charge in [-0.1, -0.05) is 20.8 Å². The molecule has 2 rings (SSSR count). The highest BCUT2D eigenvalue weighted by atomic mass is 32.2. The summed E-state index contributed by atoms with van der Waals surface area (Å²) in [6, 6.07) is 0.503. The number of rotatable bonds is 5. The second-order valence-electron chi connectivity index (χ2n) is 3.89. The number of thioether (sulfide) groups is 1. The predicted molar refractivity (Wildman–Crippen MR) is 71.4 cm³/mol. The zero-order chi connectivity index (χ0) is 11.5. The standard InChI is InChI=1S/C11H17N3S2/c1-4-15-10-9(7-12-8(2)3)14-5-6-16-11(14)13-10/h5-6,8,12H,4,7H2,1-3H3. The fourth-order valence-corrected chi connectivity index (χ4v) is 3.08. The highest BCUT2D eigenvalue weighted by Gasteiger charge is 2.12. The summed E-state index contributed by atoms with van der Waals surface area (Å²) >= 11 is 3.51. The van der Waals surface area contributed by atoms with E-state index in [-0.39, 0.29) is 0 Å². The highest BCUT2D eigenvalue weighted by Crippen LogP contribution is 2.25. The molecule has 5 heteroatoms. The summed E-state index contributed by atoms with van der Waals surface area (Å²) in [5.74, 6) is 1.07. The van der Waals surface area contributed by atoms with Crippen molar-refractivity contribution in [3.05, 3.63) is 17.3 Å². The average Bonchev–Trinajstić information content (AvgIpc) is 2.76. The highest BCUT2D eigenvalue weighted by molar-refractivity contribution is 7.99. The van der Waals surface area contributed by atoms with Gasteiger partial charge in [-0.25, -0.2) is 4.98 Å². The Bertz CT molecular complexity index is 459. The van der Waals surface area contributed by atoms with Gasteiger partial charge in [0, 0.05) is 24.2 Å². The molecule has 1 N–H and O–H groups in total. The Morgan fingerprint density at radius 2 is 2.38 bits per heavy atom. The van der Waals surface area contributed by atoms with Gasteiger partial charge >= 0.3 is 0 Å². The van der Waals surface area contributed by atoms with Crippen LogP contribution in [0.1, 0.15) is 26.5 Å². The van der Waals surface area contributed by atoms with Crippen LogP contribution in [0.4, 0.5) is 0 Å². The van der Waals surface area contributed by atoms with Gasteiger partial charge in [-0.3, -0.25) is 4.40 Å². The van der Waals surface area contributed by atoms with Gasteiger partial charge in [0.1, 0.15) is 5.03 Å². The smallest absolute Gasteiger partial charge is 0.194 e. The van der Waals surface area contributed by atoms with Crippen LogP contribution in [0.25, 0.3) is 4.96 Å². The van der Waals surface area contributed by atoms with Gasteiger partial charge in [-0.2, -0.15) is 0 Å². The number of hydrogen-bond acceptors (Lipinski definition) is 4. The van der Waals surface area contributed by atoms with E-state index in [4.69, 9.17) is 0 Å². The Labute approximate surface area is 104 Å². The lowest BCUT2D eigenvalue weighted by atomic mass is 10.3. The first-order chi connectivity index (χ1) is 7.72. The molecule has 2 aromatic heterocycles. The molecule has 0 atom stereocenters. The molecule has 0 unspecified atom stereocenters. The van der Waals surface area contributed by atoms with Crippen LogP contribution >= 0.6 is 23.1 Å². The summed E-state index contributed by atoms with van der Waals surface area (Å²) in [6.45, 7) is 7.38. The van der Waals surface area contributed by atoms with Gasteiger partial charge in [0.15, 0.2) is 4.96 Å². The molecule has 2 heterocycles. The second kappa shape index (κ2) is 5.21. The van der Waals surface area contributed by atoms with Crippen LogP contribution < -0.4 is 5.32 Å². The van der Waals surface area contributed by atoms with Crippen LogP contribution in [-0.2, 0) is 6.54 Å². The van der Waals surface area contributed by atoms with Gasteiger partial charge in [0.05, 0.1) is 5.69 Å². The van der Waals surface area contributed by atoms with E-state index < -0.39 is 0 Å². The summed E-state index contributed by atoms with van der Waals surface area (Å²) in [6.07, 6.45) is 2.10. The fourth-order valence-electron chi connectivity index (χ4n) is 1.53. The third-order valence-electron chi connectivity index (χ3n) is 2.28. The Morgan fingerprint density at radius 1 is 1.56 bits per heavy atom. The van der Waals surface area contributed by atoms with Gasteiger partial charge < -0.3 is 5.32 Å². The first-order valence-electron chi connectivity index (χ1n) is 5.53. The largest absolute Gasteiger partial charge is 0.309 e. The summed E-state index contributed by atoms with van der Waals surface area (Å²) in [7, 11) is 0. The molecule has 2 aromatic rings. The second-order valence-corrected chi connectivity index (χ2v) is 6.01. The molecule has 0 aromatic carbocycles. The molecule has 0 fully saturated rings. The van der Waals surface area contributed by atoms with Crippen LogP contribution in [0.2, 0.25) is 0 Å². The molecule has 0 radical (unpaired) electrons. The SMILES string of the molecule is CCSc1nc2sccn2c1CNC(C)C. The van der Waals surface area contributed by atoms with Gasteiger partial charge in [-0.15, -0.1) is 23.1 Å². The van der Waals surface area contributed by atoms with Crippen molar-refractivity contribution >= 4 is 28.1 Å². The van der Waals surface area contributed by atoms with Crippen LogP contribution in [0.3, 0.4) is 0 Å². The summed E-state index contributed by atoms with van der Waals surface area (Å²) in [5, 5.41) is 6.71. The lowest BCUT2D eigenvalue weighted by molar-refractivity contribution is 0.574. The van der Waals surface area contributed by atoms with Gasteiger partial charge in [-0.05, 0) is 5.75 Å². The van der Waals surface area contributed by atoms with Crippen LogP contribution in [0, 0.1) is 0 Å². The number of imidazole rings is 1. The van der Waals surface area contributed by atoms with Crippen molar-refractivity contribution in [2.24, 2.45) is 0 Å². The number of hydrogen-bond donors (Lipinski definition) is 1. The Morgan fingerprint density at radius 3 is 3.06 bits per heavy atom. The maximum atomic E-state index is 4.64. The minimum atomic E-state index is 0.503. The van der Waals surface area contributed by atoms with Crippen molar-refractivity contribution in [3.8, 4) is 0 Å². The third kappa shape index (κ3) is 2.42. The summed E-state index contributed by atoms with van der Waals surface area (Å²) in [4.78, 5) is 5.74. The summed E-state index contributed by atoms with van der Waals surface area (Å²) in [5.41, 5.74) is 1.29. The zero-order valence-corrected chi connectivity index (χ0v) is 11.5. The maximum absolute atomic E-state index is 4.64. The minimum Gasteiger partial charge on any atom is -0.309 e. The molecule has 88 valence electrons. The summed E-state index contributed by atoms with van der Waals surface area (Å²) < 4.78 is 2.19. The van der Waals surface area contributed by atoms with E-state index in [1.165, 1.54) is 10.7 Å². The Balaban J connectivity index is 2.29. The molecular weight excluding hydrogens is 238 g/mol. The van der Waals surface area contributed by atoms with Crippen molar-refractivity contribution in [2.75, 3.05) is 5.75 Å².